The second kappa shape index (κ2) is 7.05. The summed E-state index contributed by atoms with van der Waals surface area (Å²) in [6, 6.07) is 9.38. The van der Waals surface area contributed by atoms with Gasteiger partial charge in [-0.05, 0) is 56.5 Å². The van der Waals surface area contributed by atoms with Crippen molar-refractivity contribution in [3.8, 4) is 0 Å². The van der Waals surface area contributed by atoms with Crippen molar-refractivity contribution in [3.05, 3.63) is 29.8 Å². The molecule has 0 fully saturated rings. The summed E-state index contributed by atoms with van der Waals surface area (Å²) in [5.74, 6) is 1.27. The van der Waals surface area contributed by atoms with Crippen LogP contribution in [-0.4, -0.2) is 43.1 Å². The van der Waals surface area contributed by atoms with Gasteiger partial charge in [0.25, 0.3) is 0 Å². The van der Waals surface area contributed by atoms with Crippen LogP contribution in [0.15, 0.2) is 24.3 Å². The first-order valence-corrected chi connectivity index (χ1v) is 8.21. The molecule has 2 nitrogen and oxygen atoms in total. The monoisotopic (exact) mass is 264 g/mol. The van der Waals surface area contributed by atoms with Gasteiger partial charge >= 0.3 is 0 Å². The van der Waals surface area contributed by atoms with Gasteiger partial charge < -0.3 is 10.2 Å². The molecule has 1 N–H and O–H groups in total. The first-order valence-electron chi connectivity index (χ1n) is 6.82. The first-order chi connectivity index (χ1) is 8.81. The quantitative estimate of drug-likeness (QED) is 0.823. The Balaban J connectivity index is 1.87. The molecule has 1 aliphatic heterocycles. The largest absolute Gasteiger partial charge is 0.383 e. The number of likely N-dealkylation sites (N-methyl/N-ethyl adjacent to an activating group) is 1. The van der Waals surface area contributed by atoms with Crippen LogP contribution in [0, 0.1) is 0 Å². The molecule has 0 saturated heterocycles. The Labute approximate surface area is 115 Å². The third-order valence-corrected chi connectivity index (χ3v) is 4.47. The maximum Gasteiger partial charge on any atom is 0.0373 e. The zero-order valence-electron chi connectivity index (χ0n) is 11.5. The fourth-order valence-electron chi connectivity index (χ4n) is 2.58. The normalized spacial score (nSPS) is 19.2. The summed E-state index contributed by atoms with van der Waals surface area (Å²) in [7, 11) is 2.27. The summed E-state index contributed by atoms with van der Waals surface area (Å²) in [4.78, 5) is 2.52. The molecule has 0 radical (unpaired) electrons. The Morgan fingerprint density at radius 3 is 3.06 bits per heavy atom. The highest BCUT2D eigenvalue weighted by molar-refractivity contribution is 7.98. The van der Waals surface area contributed by atoms with E-state index in [1.807, 2.05) is 11.8 Å². The molecule has 0 bridgehead atoms. The Hall–Kier alpha value is -0.670. The van der Waals surface area contributed by atoms with Crippen LogP contribution in [0.2, 0.25) is 0 Å². The number of nitrogens with one attached hydrogen (secondary N) is 1. The minimum atomic E-state index is 0.666. The lowest BCUT2D eigenvalue weighted by molar-refractivity contribution is 0.243. The number of nitrogens with zero attached hydrogens (tertiary/aromatic N) is 1. The van der Waals surface area contributed by atoms with Crippen LogP contribution in [0.25, 0.3) is 0 Å². The summed E-state index contributed by atoms with van der Waals surface area (Å²) in [6.45, 7) is 2.29. The van der Waals surface area contributed by atoms with Gasteiger partial charge in [0.05, 0.1) is 0 Å². The second-order valence-electron chi connectivity index (χ2n) is 5.06. The second-order valence-corrected chi connectivity index (χ2v) is 6.04. The molecule has 0 saturated carbocycles. The number of thioether (sulfide) groups is 1. The molecule has 0 amide bonds. The smallest absolute Gasteiger partial charge is 0.0373 e. The maximum absolute atomic E-state index is 3.60. The van der Waals surface area contributed by atoms with Crippen LogP contribution < -0.4 is 5.32 Å². The summed E-state index contributed by atoms with van der Waals surface area (Å²) >= 11 is 1.94. The van der Waals surface area contributed by atoms with Crippen molar-refractivity contribution < 1.29 is 0 Å². The fraction of sp³-hybridized carbons (Fsp3) is 0.600. The lowest BCUT2D eigenvalue weighted by Gasteiger charge is -2.27. The van der Waals surface area contributed by atoms with Crippen LogP contribution in [0.1, 0.15) is 18.4 Å². The molecular formula is C15H24N2S. The van der Waals surface area contributed by atoms with Crippen LogP contribution in [0.4, 0.5) is 5.69 Å². The van der Waals surface area contributed by atoms with E-state index in [-0.39, 0.29) is 0 Å². The Morgan fingerprint density at radius 1 is 1.39 bits per heavy atom. The SMILES string of the molecule is CSCCCN(C)C1CCc2ccccc2NC1. The molecule has 0 aliphatic carbocycles. The standard InChI is InChI=1S/C15H24N2S/c1-17(10-5-11-18-2)14-9-8-13-6-3-4-7-15(13)16-12-14/h3-4,6-7,14,16H,5,8-12H2,1-2H3. The molecule has 18 heavy (non-hydrogen) atoms. The summed E-state index contributed by atoms with van der Waals surface area (Å²) in [6.07, 6.45) is 5.94. The molecule has 100 valence electrons. The van der Waals surface area contributed by atoms with Gasteiger partial charge in [0.15, 0.2) is 0 Å². The predicted molar refractivity (Wildman–Crippen MR) is 82.7 cm³/mol. The van der Waals surface area contributed by atoms with E-state index in [0.29, 0.717) is 6.04 Å². The molecule has 1 aliphatic rings. The van der Waals surface area contributed by atoms with Crippen molar-refractivity contribution >= 4 is 17.4 Å². The average molecular weight is 264 g/mol. The van der Waals surface area contributed by atoms with Crippen LogP contribution in [0.3, 0.4) is 0 Å². The van der Waals surface area contributed by atoms with E-state index in [1.165, 1.54) is 42.8 Å². The van der Waals surface area contributed by atoms with Gasteiger partial charge in [-0.1, -0.05) is 18.2 Å². The average Bonchev–Trinajstić information content (AvgIpc) is 2.61. The molecule has 2 rings (SSSR count). The molecule has 1 unspecified atom stereocenters. The van der Waals surface area contributed by atoms with Crippen molar-refractivity contribution in [1.29, 1.82) is 0 Å². The van der Waals surface area contributed by atoms with Gasteiger partial charge in [-0.3, -0.25) is 0 Å². The Bertz CT molecular complexity index is 340. The minimum Gasteiger partial charge on any atom is -0.383 e. The third kappa shape index (κ3) is 3.66. The van der Waals surface area contributed by atoms with Crippen molar-refractivity contribution in [2.24, 2.45) is 0 Å². The zero-order valence-corrected chi connectivity index (χ0v) is 12.3. The van der Waals surface area contributed by atoms with Gasteiger partial charge in [0.1, 0.15) is 0 Å². The molecular weight excluding hydrogens is 240 g/mol. The Kier molecular flexibility index (Phi) is 5.39. The number of para-hydroxylation sites is 1. The fourth-order valence-corrected chi connectivity index (χ4v) is 3.00. The van der Waals surface area contributed by atoms with Gasteiger partial charge in [0.2, 0.25) is 0 Å². The van der Waals surface area contributed by atoms with E-state index in [1.54, 1.807) is 0 Å². The van der Waals surface area contributed by atoms with Crippen LogP contribution >= 0.6 is 11.8 Å². The first kappa shape index (κ1) is 13.8. The van der Waals surface area contributed by atoms with Gasteiger partial charge in [-0.2, -0.15) is 11.8 Å². The number of aryl methyl sites for hydroxylation is 1. The van der Waals surface area contributed by atoms with Crippen molar-refractivity contribution in [3.63, 3.8) is 0 Å². The van der Waals surface area contributed by atoms with E-state index < -0.39 is 0 Å². The molecule has 1 atom stereocenters. The summed E-state index contributed by atoms with van der Waals surface area (Å²) in [5, 5.41) is 3.60. The third-order valence-electron chi connectivity index (χ3n) is 3.78. The lowest BCUT2D eigenvalue weighted by atomic mass is 10.1. The molecule has 1 heterocycles. The topological polar surface area (TPSA) is 15.3 Å². The van der Waals surface area contributed by atoms with Crippen molar-refractivity contribution in [2.45, 2.75) is 25.3 Å². The molecule has 3 heteroatoms. The summed E-state index contributed by atoms with van der Waals surface area (Å²) < 4.78 is 0. The highest BCUT2D eigenvalue weighted by Crippen LogP contribution is 2.22. The number of anilines is 1. The van der Waals surface area contributed by atoms with Crippen LogP contribution in [-0.2, 0) is 6.42 Å². The van der Waals surface area contributed by atoms with E-state index in [4.69, 9.17) is 0 Å². The number of fused-ring (bicyclic) bond motifs is 1. The number of hydrogen-bond donors (Lipinski definition) is 1. The molecule has 0 aromatic heterocycles. The highest BCUT2D eigenvalue weighted by atomic mass is 32.2. The molecule has 1 aromatic carbocycles. The number of hydrogen-bond acceptors (Lipinski definition) is 3. The summed E-state index contributed by atoms with van der Waals surface area (Å²) in [5.41, 5.74) is 2.80. The van der Waals surface area contributed by atoms with Crippen LogP contribution in [0.5, 0.6) is 0 Å². The van der Waals surface area contributed by atoms with Gasteiger partial charge in [0, 0.05) is 18.3 Å². The van der Waals surface area contributed by atoms with Crippen molar-refractivity contribution in [2.75, 3.05) is 37.5 Å². The minimum absolute atomic E-state index is 0.666. The van der Waals surface area contributed by atoms with Crippen molar-refractivity contribution in [1.82, 2.24) is 4.90 Å². The molecule has 1 aromatic rings. The van der Waals surface area contributed by atoms with E-state index >= 15 is 0 Å². The maximum atomic E-state index is 3.60. The lowest BCUT2D eigenvalue weighted by Crippen LogP contribution is -2.37. The van der Waals surface area contributed by atoms with Gasteiger partial charge in [-0.15, -0.1) is 0 Å². The van der Waals surface area contributed by atoms with E-state index in [2.05, 4.69) is 47.8 Å². The Morgan fingerprint density at radius 2 is 2.22 bits per heavy atom. The van der Waals surface area contributed by atoms with Gasteiger partial charge in [-0.25, -0.2) is 0 Å². The number of rotatable bonds is 5. The number of benzene rings is 1. The predicted octanol–water partition coefficient (Wildman–Crippen LogP) is 3.10. The van der Waals surface area contributed by atoms with E-state index in [9.17, 15) is 0 Å². The molecule has 0 spiro atoms. The highest BCUT2D eigenvalue weighted by Gasteiger charge is 2.18. The van der Waals surface area contributed by atoms with E-state index in [0.717, 1.165) is 6.54 Å². The zero-order chi connectivity index (χ0) is 12.8.